The standard InChI is InChI=1S/C15H21NO/c1-3-4-8-14-11-16-15(17-12(14)2)13-9-6-5-7-10-13/h5-7,9-10,12,14H,3-4,8,11H2,1-2H3. The summed E-state index contributed by atoms with van der Waals surface area (Å²) < 4.78 is 5.93. The Kier molecular flexibility index (Phi) is 4.18. The van der Waals surface area contributed by atoms with Crippen LogP contribution in [0.3, 0.4) is 0 Å². The molecule has 1 aliphatic heterocycles. The van der Waals surface area contributed by atoms with Crippen LogP contribution in [-0.4, -0.2) is 18.5 Å². The monoisotopic (exact) mass is 231 g/mol. The van der Waals surface area contributed by atoms with Crippen LogP contribution in [0, 0.1) is 5.92 Å². The van der Waals surface area contributed by atoms with Crippen LogP contribution in [-0.2, 0) is 4.74 Å². The lowest BCUT2D eigenvalue weighted by atomic mass is 9.96. The second kappa shape index (κ2) is 5.85. The van der Waals surface area contributed by atoms with Gasteiger partial charge in [0.05, 0.1) is 0 Å². The first-order chi connectivity index (χ1) is 8.31. The Balaban J connectivity index is 2.02. The molecular formula is C15H21NO. The summed E-state index contributed by atoms with van der Waals surface area (Å²) in [6.45, 7) is 5.30. The smallest absolute Gasteiger partial charge is 0.216 e. The molecule has 0 aromatic heterocycles. The summed E-state index contributed by atoms with van der Waals surface area (Å²) >= 11 is 0. The molecule has 0 saturated carbocycles. The fourth-order valence-electron chi connectivity index (χ4n) is 2.19. The Morgan fingerprint density at radius 1 is 1.29 bits per heavy atom. The van der Waals surface area contributed by atoms with Crippen molar-refractivity contribution in [3.8, 4) is 0 Å². The van der Waals surface area contributed by atoms with Gasteiger partial charge in [-0.05, 0) is 25.5 Å². The van der Waals surface area contributed by atoms with Crippen molar-refractivity contribution in [3.05, 3.63) is 35.9 Å². The van der Waals surface area contributed by atoms with E-state index in [0.29, 0.717) is 5.92 Å². The van der Waals surface area contributed by atoms with E-state index in [1.807, 2.05) is 18.2 Å². The number of rotatable bonds is 4. The van der Waals surface area contributed by atoms with Gasteiger partial charge in [0.15, 0.2) is 0 Å². The third-order valence-electron chi connectivity index (χ3n) is 3.38. The molecule has 17 heavy (non-hydrogen) atoms. The second-order valence-corrected chi connectivity index (χ2v) is 4.74. The van der Waals surface area contributed by atoms with Crippen LogP contribution in [0.15, 0.2) is 35.3 Å². The Bertz CT molecular complexity index is 372. The van der Waals surface area contributed by atoms with E-state index in [0.717, 1.165) is 18.0 Å². The van der Waals surface area contributed by atoms with Crippen molar-refractivity contribution in [2.75, 3.05) is 6.54 Å². The van der Waals surface area contributed by atoms with E-state index in [1.165, 1.54) is 19.3 Å². The summed E-state index contributed by atoms with van der Waals surface area (Å²) in [5.41, 5.74) is 1.09. The Hall–Kier alpha value is -1.31. The van der Waals surface area contributed by atoms with Gasteiger partial charge in [-0.25, -0.2) is 0 Å². The number of hydrogen-bond donors (Lipinski definition) is 0. The Morgan fingerprint density at radius 2 is 2.06 bits per heavy atom. The van der Waals surface area contributed by atoms with Crippen LogP contribution in [0.1, 0.15) is 38.7 Å². The SMILES string of the molecule is CCCCC1CN=C(c2ccccc2)OC1C. The minimum absolute atomic E-state index is 0.286. The first kappa shape index (κ1) is 12.2. The van der Waals surface area contributed by atoms with E-state index < -0.39 is 0 Å². The maximum atomic E-state index is 5.93. The molecule has 2 heteroatoms. The molecule has 1 aromatic rings. The maximum absolute atomic E-state index is 5.93. The van der Waals surface area contributed by atoms with Crippen LogP contribution >= 0.6 is 0 Å². The number of nitrogens with zero attached hydrogens (tertiary/aromatic N) is 1. The molecule has 2 unspecified atom stereocenters. The molecule has 0 N–H and O–H groups in total. The lowest BCUT2D eigenvalue weighted by Gasteiger charge is -2.28. The molecule has 92 valence electrons. The number of benzene rings is 1. The fraction of sp³-hybridized carbons (Fsp3) is 0.533. The molecule has 0 spiro atoms. The minimum Gasteiger partial charge on any atom is -0.474 e. The van der Waals surface area contributed by atoms with Gasteiger partial charge in [-0.1, -0.05) is 38.0 Å². The molecule has 0 radical (unpaired) electrons. The number of hydrogen-bond acceptors (Lipinski definition) is 2. The molecule has 2 rings (SSSR count). The topological polar surface area (TPSA) is 21.6 Å². The molecule has 0 bridgehead atoms. The zero-order valence-corrected chi connectivity index (χ0v) is 10.7. The molecule has 1 aliphatic rings. The molecular weight excluding hydrogens is 210 g/mol. The third-order valence-corrected chi connectivity index (χ3v) is 3.38. The van der Waals surface area contributed by atoms with Gasteiger partial charge >= 0.3 is 0 Å². The predicted molar refractivity (Wildman–Crippen MR) is 71.4 cm³/mol. The third kappa shape index (κ3) is 3.09. The normalized spacial score (nSPS) is 24.0. The highest BCUT2D eigenvalue weighted by Gasteiger charge is 2.24. The second-order valence-electron chi connectivity index (χ2n) is 4.74. The molecule has 0 aliphatic carbocycles. The van der Waals surface area contributed by atoms with Gasteiger partial charge in [0.1, 0.15) is 6.10 Å². The zero-order valence-electron chi connectivity index (χ0n) is 10.7. The first-order valence-electron chi connectivity index (χ1n) is 6.57. The number of ether oxygens (including phenoxy) is 1. The van der Waals surface area contributed by atoms with E-state index in [1.54, 1.807) is 0 Å². The highest BCUT2D eigenvalue weighted by molar-refractivity contribution is 5.94. The highest BCUT2D eigenvalue weighted by Crippen LogP contribution is 2.22. The van der Waals surface area contributed by atoms with Gasteiger partial charge in [0.25, 0.3) is 0 Å². The van der Waals surface area contributed by atoms with Crippen molar-refractivity contribution in [2.45, 2.75) is 39.2 Å². The quantitative estimate of drug-likeness (QED) is 0.775. The van der Waals surface area contributed by atoms with Gasteiger partial charge in [0.2, 0.25) is 5.90 Å². The van der Waals surface area contributed by atoms with Crippen LogP contribution in [0.4, 0.5) is 0 Å². The van der Waals surface area contributed by atoms with E-state index in [2.05, 4.69) is 31.0 Å². The summed E-state index contributed by atoms with van der Waals surface area (Å²) in [6.07, 6.45) is 4.03. The Morgan fingerprint density at radius 3 is 2.71 bits per heavy atom. The Labute approximate surface area is 104 Å². The lowest BCUT2D eigenvalue weighted by molar-refractivity contribution is 0.120. The van der Waals surface area contributed by atoms with E-state index >= 15 is 0 Å². The molecule has 1 heterocycles. The molecule has 0 amide bonds. The van der Waals surface area contributed by atoms with E-state index in [4.69, 9.17) is 4.74 Å². The number of unbranched alkanes of at least 4 members (excludes halogenated alkanes) is 1. The maximum Gasteiger partial charge on any atom is 0.216 e. The van der Waals surface area contributed by atoms with Gasteiger partial charge in [0, 0.05) is 18.0 Å². The van der Waals surface area contributed by atoms with Crippen molar-refractivity contribution in [2.24, 2.45) is 10.9 Å². The molecule has 2 nitrogen and oxygen atoms in total. The summed E-state index contributed by atoms with van der Waals surface area (Å²) in [5.74, 6) is 1.40. The summed E-state index contributed by atoms with van der Waals surface area (Å²) in [6, 6.07) is 10.2. The van der Waals surface area contributed by atoms with Gasteiger partial charge in [-0.3, -0.25) is 4.99 Å². The fourth-order valence-corrected chi connectivity index (χ4v) is 2.19. The van der Waals surface area contributed by atoms with Crippen LogP contribution in [0.5, 0.6) is 0 Å². The summed E-state index contributed by atoms with van der Waals surface area (Å²) in [7, 11) is 0. The molecule has 0 saturated heterocycles. The molecule has 0 fully saturated rings. The van der Waals surface area contributed by atoms with Crippen LogP contribution < -0.4 is 0 Å². The summed E-state index contributed by atoms with van der Waals surface area (Å²) in [4.78, 5) is 4.58. The average molecular weight is 231 g/mol. The first-order valence-corrected chi connectivity index (χ1v) is 6.57. The average Bonchev–Trinajstić information content (AvgIpc) is 2.38. The predicted octanol–water partition coefficient (Wildman–Crippen LogP) is 3.66. The van der Waals surface area contributed by atoms with Crippen LogP contribution in [0.25, 0.3) is 0 Å². The molecule has 1 aromatic carbocycles. The van der Waals surface area contributed by atoms with Gasteiger partial charge < -0.3 is 4.74 Å². The largest absolute Gasteiger partial charge is 0.474 e. The van der Waals surface area contributed by atoms with Gasteiger partial charge in [-0.15, -0.1) is 0 Å². The van der Waals surface area contributed by atoms with Crippen molar-refractivity contribution in [3.63, 3.8) is 0 Å². The molecule has 2 atom stereocenters. The van der Waals surface area contributed by atoms with Crippen molar-refractivity contribution >= 4 is 5.90 Å². The summed E-state index contributed by atoms with van der Waals surface area (Å²) in [5, 5.41) is 0. The van der Waals surface area contributed by atoms with E-state index in [9.17, 15) is 0 Å². The zero-order chi connectivity index (χ0) is 12.1. The van der Waals surface area contributed by atoms with E-state index in [-0.39, 0.29) is 6.10 Å². The number of aliphatic imine (C=N–C) groups is 1. The van der Waals surface area contributed by atoms with Crippen molar-refractivity contribution < 1.29 is 4.74 Å². The lowest BCUT2D eigenvalue weighted by Crippen LogP contribution is -2.31. The highest BCUT2D eigenvalue weighted by atomic mass is 16.5. The minimum atomic E-state index is 0.286. The van der Waals surface area contributed by atoms with Gasteiger partial charge in [-0.2, -0.15) is 0 Å². The van der Waals surface area contributed by atoms with Crippen molar-refractivity contribution in [1.29, 1.82) is 0 Å². The van der Waals surface area contributed by atoms with Crippen molar-refractivity contribution in [1.82, 2.24) is 0 Å². The van der Waals surface area contributed by atoms with Crippen LogP contribution in [0.2, 0.25) is 0 Å².